The highest BCUT2D eigenvalue weighted by atomic mass is 15.1. The van der Waals surface area contributed by atoms with Crippen LogP contribution in [0.25, 0.3) is 119 Å². The minimum atomic E-state index is 0.0156. The average Bonchev–Trinajstić information content (AvgIpc) is 3.88. The largest absolute Gasteiger partial charge is 0.309 e. The van der Waals surface area contributed by atoms with Crippen molar-refractivity contribution in [2.24, 2.45) is 0 Å². The quantitative estimate of drug-likeness (QED) is 0.123. The maximum absolute atomic E-state index is 2.60. The van der Waals surface area contributed by atoms with E-state index in [9.17, 15) is 0 Å². The lowest BCUT2D eigenvalue weighted by atomic mass is 9.85. The van der Waals surface area contributed by atoms with Crippen LogP contribution in [0.3, 0.4) is 0 Å². The van der Waals surface area contributed by atoms with Gasteiger partial charge in [-0.3, -0.25) is 0 Å². The molecule has 0 atom stereocenters. The fourth-order valence-corrected chi connectivity index (χ4v) is 12.3. The number of hydrogen-bond acceptors (Lipinski definition) is 1. The minimum Gasteiger partial charge on any atom is -0.309 e. The fourth-order valence-electron chi connectivity index (χ4n) is 12.3. The summed E-state index contributed by atoms with van der Waals surface area (Å²) in [6, 6.07) is 76.3. The van der Waals surface area contributed by atoms with Crippen molar-refractivity contribution in [3.05, 3.63) is 211 Å². The summed E-state index contributed by atoms with van der Waals surface area (Å²) in [5, 5.41) is 23.5. The summed E-state index contributed by atoms with van der Waals surface area (Å²) < 4.78 is 0. The van der Waals surface area contributed by atoms with E-state index in [-0.39, 0.29) is 10.8 Å². The molecule has 1 nitrogen and oxygen atoms in total. The van der Waals surface area contributed by atoms with Gasteiger partial charge in [-0.25, -0.2) is 0 Å². The molecule has 0 unspecified atom stereocenters. The monoisotopic (exact) mass is 881 g/mol. The first kappa shape index (κ1) is 40.1. The lowest BCUT2D eigenvalue weighted by molar-refractivity contribution is 0.590. The SMILES string of the molecule is CC(C)(C)c1ccc(N(c2ccc(C(C)(C)C)cc2)c2c3c(cc4c5ccc6c7cccc8ccc(-c9ccccc9)c(c9ccc(c24)c5c69)c87)c2ccc(-c4ccccc4)c4cccc3c42)cc1. The summed E-state index contributed by atoms with van der Waals surface area (Å²) in [6.45, 7) is 13.8. The van der Waals surface area contributed by atoms with Crippen molar-refractivity contribution < 1.29 is 0 Å². The molecule has 69 heavy (non-hydrogen) atoms. The molecule has 14 aromatic rings. The Morgan fingerprint density at radius 3 is 1.30 bits per heavy atom. The normalized spacial score (nSPS) is 12.8. The van der Waals surface area contributed by atoms with Gasteiger partial charge in [0.1, 0.15) is 0 Å². The zero-order chi connectivity index (χ0) is 46.5. The highest BCUT2D eigenvalue weighted by molar-refractivity contribution is 6.47. The van der Waals surface area contributed by atoms with Crippen LogP contribution >= 0.6 is 0 Å². The van der Waals surface area contributed by atoms with Crippen molar-refractivity contribution in [1.82, 2.24) is 0 Å². The molecule has 0 aliphatic carbocycles. The summed E-state index contributed by atoms with van der Waals surface area (Å²) in [7, 11) is 0. The molecule has 0 fully saturated rings. The Morgan fingerprint density at radius 2 is 0.710 bits per heavy atom. The van der Waals surface area contributed by atoms with E-state index in [0.29, 0.717) is 0 Å². The first-order valence-corrected chi connectivity index (χ1v) is 24.6. The molecule has 1 heteroatoms. The van der Waals surface area contributed by atoms with E-state index in [2.05, 4.69) is 247 Å². The molecule has 0 aliphatic heterocycles. The van der Waals surface area contributed by atoms with Crippen molar-refractivity contribution in [2.45, 2.75) is 52.4 Å². The Balaban J connectivity index is 1.19. The molecule has 0 heterocycles. The van der Waals surface area contributed by atoms with Crippen LogP contribution in [0.5, 0.6) is 0 Å². The van der Waals surface area contributed by atoms with E-state index in [1.165, 1.54) is 136 Å². The van der Waals surface area contributed by atoms with Gasteiger partial charge in [0.25, 0.3) is 0 Å². The molecule has 0 N–H and O–H groups in total. The van der Waals surface area contributed by atoms with Gasteiger partial charge in [0.2, 0.25) is 0 Å². The topological polar surface area (TPSA) is 3.24 Å². The molecule has 328 valence electrons. The molecule has 14 rings (SSSR count). The van der Waals surface area contributed by atoms with E-state index in [1.54, 1.807) is 0 Å². The number of anilines is 3. The van der Waals surface area contributed by atoms with Crippen molar-refractivity contribution in [1.29, 1.82) is 0 Å². The van der Waals surface area contributed by atoms with Crippen LogP contribution in [-0.4, -0.2) is 0 Å². The van der Waals surface area contributed by atoms with Crippen LogP contribution in [0.15, 0.2) is 200 Å². The molecule has 0 saturated heterocycles. The molecular weight excluding hydrogens is 831 g/mol. The number of nitrogens with zero attached hydrogens (tertiary/aromatic N) is 1. The molecular formula is C68H51N. The molecule has 0 saturated carbocycles. The molecule has 0 spiro atoms. The van der Waals surface area contributed by atoms with Gasteiger partial charge in [-0.05, 0) is 161 Å². The van der Waals surface area contributed by atoms with Crippen molar-refractivity contribution in [2.75, 3.05) is 4.90 Å². The van der Waals surface area contributed by atoms with Gasteiger partial charge in [-0.1, -0.05) is 211 Å². The van der Waals surface area contributed by atoms with Crippen molar-refractivity contribution in [3.8, 4) is 22.3 Å². The Hall–Kier alpha value is -8.00. The van der Waals surface area contributed by atoms with Crippen LogP contribution in [0.4, 0.5) is 17.1 Å². The zero-order valence-corrected chi connectivity index (χ0v) is 40.0. The maximum Gasteiger partial charge on any atom is 0.0631 e. The third-order valence-corrected chi connectivity index (χ3v) is 15.6. The molecule has 0 amide bonds. The van der Waals surface area contributed by atoms with Gasteiger partial charge in [0.05, 0.1) is 5.69 Å². The lowest BCUT2D eigenvalue weighted by Crippen LogP contribution is -2.14. The van der Waals surface area contributed by atoms with Crippen LogP contribution < -0.4 is 4.90 Å². The highest BCUT2D eigenvalue weighted by Gasteiger charge is 2.30. The summed E-state index contributed by atoms with van der Waals surface area (Å²) in [6.07, 6.45) is 0. The summed E-state index contributed by atoms with van der Waals surface area (Å²) in [5.41, 5.74) is 11.2. The first-order chi connectivity index (χ1) is 33.5. The summed E-state index contributed by atoms with van der Waals surface area (Å²) >= 11 is 0. The third kappa shape index (κ3) is 5.71. The van der Waals surface area contributed by atoms with Gasteiger partial charge in [0.15, 0.2) is 0 Å². The van der Waals surface area contributed by atoms with Gasteiger partial charge in [-0.15, -0.1) is 0 Å². The fraction of sp³-hybridized carbons (Fsp3) is 0.118. The van der Waals surface area contributed by atoms with Gasteiger partial charge < -0.3 is 4.90 Å². The Morgan fingerprint density at radius 1 is 0.275 bits per heavy atom. The van der Waals surface area contributed by atoms with E-state index < -0.39 is 0 Å². The average molecular weight is 882 g/mol. The van der Waals surface area contributed by atoms with Gasteiger partial charge in [0, 0.05) is 22.1 Å². The number of hydrogen-bond donors (Lipinski definition) is 0. The van der Waals surface area contributed by atoms with Crippen LogP contribution in [-0.2, 0) is 10.8 Å². The first-order valence-electron chi connectivity index (χ1n) is 24.6. The predicted octanol–water partition coefficient (Wildman–Crippen LogP) is 19.8. The van der Waals surface area contributed by atoms with Crippen molar-refractivity contribution in [3.63, 3.8) is 0 Å². The number of fused-ring (bicyclic) bond motifs is 8. The summed E-state index contributed by atoms with van der Waals surface area (Å²) in [4.78, 5) is 2.60. The number of rotatable bonds is 5. The van der Waals surface area contributed by atoms with Gasteiger partial charge >= 0.3 is 0 Å². The zero-order valence-electron chi connectivity index (χ0n) is 40.0. The second-order valence-electron chi connectivity index (χ2n) is 21.6. The molecule has 0 aromatic heterocycles. The Kier molecular flexibility index (Phi) is 8.29. The second-order valence-corrected chi connectivity index (χ2v) is 21.6. The van der Waals surface area contributed by atoms with Crippen LogP contribution in [0.1, 0.15) is 52.7 Å². The van der Waals surface area contributed by atoms with Crippen LogP contribution in [0.2, 0.25) is 0 Å². The standard InChI is InChI=1S/C68H51N/c1-67(2,3)43-24-28-45(29-25-43)69(46-30-26-44(27-31-46)68(4,5)6)66-64-54-22-14-21-49-47(40-15-9-7-10-16-40)33-34-52(60(49)54)57(64)39-58-53-36-35-51-50-20-13-19-42-23-32-48(41-17-11-8-12-18-41)61(59(42)50)55-37-38-56(65(58)66)63(53)62(51)55/h7-39H,1-6H3. The maximum atomic E-state index is 2.60. The van der Waals surface area contributed by atoms with Crippen LogP contribution in [0, 0.1) is 0 Å². The predicted molar refractivity (Wildman–Crippen MR) is 301 cm³/mol. The molecule has 0 radical (unpaired) electrons. The van der Waals surface area contributed by atoms with Gasteiger partial charge in [-0.2, -0.15) is 0 Å². The lowest BCUT2D eigenvalue weighted by Gasteiger charge is -2.30. The highest BCUT2D eigenvalue weighted by Crippen LogP contribution is 2.57. The Labute approximate surface area is 402 Å². The second kappa shape index (κ2) is 14.3. The number of benzene rings is 12. The van der Waals surface area contributed by atoms with E-state index in [4.69, 9.17) is 0 Å². The molecule has 0 aliphatic rings. The van der Waals surface area contributed by atoms with E-state index in [1.807, 2.05) is 0 Å². The third-order valence-electron chi connectivity index (χ3n) is 15.6. The smallest absolute Gasteiger partial charge is 0.0631 e. The molecule has 14 aromatic carbocycles. The van der Waals surface area contributed by atoms with E-state index in [0.717, 1.165) is 11.4 Å². The Bertz CT molecular complexity index is 4260. The van der Waals surface area contributed by atoms with E-state index >= 15 is 0 Å². The minimum absolute atomic E-state index is 0.0156. The molecule has 0 bridgehead atoms. The van der Waals surface area contributed by atoms with Crippen molar-refractivity contribution >= 4 is 114 Å². The summed E-state index contributed by atoms with van der Waals surface area (Å²) in [5.74, 6) is 0.